The lowest BCUT2D eigenvalue weighted by atomic mass is 9.78. The van der Waals surface area contributed by atoms with Gasteiger partial charge in [0.2, 0.25) is 11.8 Å². The number of rotatable bonds is 22. The Hall–Kier alpha value is -5.49. The Morgan fingerprint density at radius 3 is 1.73 bits per heavy atom. The molecule has 0 aromatic heterocycles. The number of aliphatic hydroxyl groups excluding tert-OH is 2. The molecule has 8 rings (SSSR count). The molecule has 70 heavy (non-hydrogen) atoms. The molecule has 376 valence electrons. The van der Waals surface area contributed by atoms with Crippen LogP contribution in [0.25, 0.3) is 49.2 Å². The molecule has 2 saturated heterocycles. The third kappa shape index (κ3) is 9.66. The molecule has 16 nitrogen and oxygen atoms in total. The van der Waals surface area contributed by atoms with Crippen molar-refractivity contribution in [1.29, 1.82) is 0 Å². The Bertz CT molecular complexity index is 2900. The Kier molecular flexibility index (Phi) is 16.2. The monoisotopic (exact) mass is 965 g/mol. The van der Waals surface area contributed by atoms with Crippen molar-refractivity contribution in [2.75, 3.05) is 99.0 Å². The number of carbonyl (C=O) groups excluding carboxylic acids is 3. The Labute approximate surface area is 407 Å². The van der Waals surface area contributed by atoms with E-state index in [2.05, 4.69) is 5.32 Å². The molecule has 1 unspecified atom stereocenters. The van der Waals surface area contributed by atoms with Gasteiger partial charge in [0.1, 0.15) is 17.3 Å². The number of ketones is 1. The van der Waals surface area contributed by atoms with Gasteiger partial charge in [-0.1, -0.05) is 11.6 Å². The predicted molar refractivity (Wildman–Crippen MR) is 269 cm³/mol. The van der Waals surface area contributed by atoms with Crippen molar-refractivity contribution in [1.82, 2.24) is 9.80 Å². The zero-order chi connectivity index (χ0) is 49.8. The maximum Gasteiger partial charge on any atom is 0.224 e. The van der Waals surface area contributed by atoms with Crippen LogP contribution in [0, 0.1) is 11.8 Å². The predicted octanol–water partition coefficient (Wildman–Crippen LogP) is 5.61. The van der Waals surface area contributed by atoms with E-state index in [1.165, 1.54) is 26.2 Å². The van der Waals surface area contributed by atoms with Crippen molar-refractivity contribution >= 4 is 72.5 Å². The molecule has 16 heteroatoms. The lowest BCUT2D eigenvalue weighted by molar-refractivity contribution is -0.134. The topological polar surface area (TPSA) is 211 Å². The molecule has 2 aliphatic heterocycles. The van der Waals surface area contributed by atoms with Crippen LogP contribution in [0.4, 0.5) is 5.69 Å². The van der Waals surface area contributed by atoms with Crippen LogP contribution >= 0.6 is 0 Å². The van der Waals surface area contributed by atoms with Crippen molar-refractivity contribution in [3.05, 3.63) is 66.0 Å². The van der Waals surface area contributed by atoms with Crippen LogP contribution in [-0.4, -0.2) is 136 Å². The quantitative estimate of drug-likeness (QED) is 0.0378. The lowest BCUT2D eigenvalue weighted by Crippen LogP contribution is -2.40. The van der Waals surface area contributed by atoms with E-state index in [-0.39, 0.29) is 68.9 Å². The third-order valence-corrected chi connectivity index (χ3v) is 15.0. The number of piperidine rings is 2. The average Bonchev–Trinajstić information content (AvgIpc) is 3.49. The number of ether oxygens (including phenoxy) is 5. The molecule has 0 spiro atoms. The van der Waals surface area contributed by atoms with Crippen LogP contribution in [-0.2, 0) is 53.0 Å². The summed E-state index contributed by atoms with van der Waals surface area (Å²) in [4.78, 5) is 73.2. The molecule has 2 fully saturated rings. The van der Waals surface area contributed by atoms with Crippen molar-refractivity contribution < 1.29 is 53.4 Å². The number of likely N-dealkylation sites (tertiary alicyclic amines) is 2. The summed E-state index contributed by atoms with van der Waals surface area (Å²) < 4.78 is 27.5. The molecule has 4 N–H and O–H groups in total. The second kappa shape index (κ2) is 22.3. The van der Waals surface area contributed by atoms with Crippen LogP contribution in [0.1, 0.15) is 92.5 Å². The standard InChI is InChI=1S/C54H67N3O13/c1-30-24-37-36(7-6-32-8-14-56(15-9-32)40(63)12-18-69-22-20-66-3)53(65)47-39(62)26-35(29-59)43-44-34(28-58)25-38(61)46-49(44)50(45(37)48(43)47)51(42(30)31(2)60)54(68-5)52(46)55-27-33-10-16-57(17-11-33)41(64)13-19-70-23-21-67-4/h24-26,32-33,42,55,58-59,65H,6-23,27-29H2,1-5H3. The summed E-state index contributed by atoms with van der Waals surface area (Å²) >= 11 is 0. The number of nitrogens with zero attached hydrogens (tertiary/aromatic N) is 2. The number of phenolic OH excluding ortho intramolecular Hbond substituents is 1. The van der Waals surface area contributed by atoms with Crippen molar-refractivity contribution in [2.24, 2.45) is 11.8 Å². The van der Waals surface area contributed by atoms with Gasteiger partial charge in [-0.3, -0.25) is 24.0 Å². The number of Topliss-reactive ketones (excluding diaryl/α,β-unsaturated/α-hetero) is 1. The fourth-order valence-corrected chi connectivity index (χ4v) is 11.5. The first-order valence-corrected chi connectivity index (χ1v) is 24.7. The van der Waals surface area contributed by atoms with E-state index in [1.54, 1.807) is 14.2 Å². The number of fused-ring (bicyclic) bond motifs is 1. The van der Waals surface area contributed by atoms with Gasteiger partial charge in [0.05, 0.1) is 95.2 Å². The molecular formula is C54H67N3O13. The molecule has 2 amide bonds. The summed E-state index contributed by atoms with van der Waals surface area (Å²) in [5.41, 5.74) is 2.40. The number of aromatic hydroxyl groups is 1. The van der Waals surface area contributed by atoms with Gasteiger partial charge in [-0.25, -0.2) is 0 Å². The summed E-state index contributed by atoms with van der Waals surface area (Å²) in [5, 5.41) is 41.3. The van der Waals surface area contributed by atoms with Gasteiger partial charge in [-0.05, 0) is 115 Å². The number of methoxy groups -OCH3 is 3. The van der Waals surface area contributed by atoms with Crippen molar-refractivity contribution in [3.63, 3.8) is 0 Å². The number of aliphatic hydroxyl groups is 2. The highest BCUT2D eigenvalue weighted by Crippen LogP contribution is 2.56. The van der Waals surface area contributed by atoms with Crippen LogP contribution in [0.3, 0.4) is 0 Å². The summed E-state index contributed by atoms with van der Waals surface area (Å²) in [6.45, 7) is 7.46. The van der Waals surface area contributed by atoms with E-state index in [0.29, 0.717) is 170 Å². The first-order chi connectivity index (χ1) is 33.9. The zero-order valence-corrected chi connectivity index (χ0v) is 41.1. The molecule has 0 saturated carbocycles. The summed E-state index contributed by atoms with van der Waals surface area (Å²) in [7, 11) is 4.71. The normalized spacial score (nSPS) is 16.8. The first-order valence-electron chi connectivity index (χ1n) is 24.7. The minimum Gasteiger partial charge on any atom is -0.507 e. The molecule has 3 aliphatic rings. The zero-order valence-electron chi connectivity index (χ0n) is 41.1. The SMILES string of the molecule is COCCOCCC(=O)N1CCC(CCc2c(O)c3c(=O)cc(CO)c4c5c(CO)cc(=O)c6c(NCC7CCN(C(=O)CCOCCOC)CC7)c(OC)c7c(c(c2C=C(C)C7C(C)=O)c34)c65)CC1. The van der Waals surface area contributed by atoms with E-state index in [0.717, 1.165) is 12.8 Å². The highest BCUT2D eigenvalue weighted by Gasteiger charge is 2.37. The van der Waals surface area contributed by atoms with Gasteiger partial charge < -0.3 is 54.1 Å². The number of phenols is 1. The van der Waals surface area contributed by atoms with Gasteiger partial charge in [0.15, 0.2) is 10.9 Å². The number of carbonyl (C=O) groups is 3. The maximum atomic E-state index is 14.8. The lowest BCUT2D eigenvalue weighted by Gasteiger charge is -2.33. The minimum atomic E-state index is -0.873. The van der Waals surface area contributed by atoms with Gasteiger partial charge in [-0.2, -0.15) is 0 Å². The van der Waals surface area contributed by atoms with Crippen molar-refractivity contribution in [2.45, 2.75) is 84.3 Å². The van der Waals surface area contributed by atoms with E-state index in [9.17, 15) is 39.3 Å². The number of anilines is 1. The van der Waals surface area contributed by atoms with Gasteiger partial charge in [-0.15, -0.1) is 0 Å². The molecular weight excluding hydrogens is 899 g/mol. The fourth-order valence-electron chi connectivity index (χ4n) is 11.5. The van der Waals surface area contributed by atoms with E-state index < -0.39 is 24.6 Å². The average molecular weight is 966 g/mol. The largest absolute Gasteiger partial charge is 0.507 e. The smallest absolute Gasteiger partial charge is 0.224 e. The van der Waals surface area contributed by atoms with E-state index >= 15 is 0 Å². The van der Waals surface area contributed by atoms with Crippen LogP contribution in [0.5, 0.6) is 11.5 Å². The number of benzene rings is 5. The maximum absolute atomic E-state index is 14.8. The summed E-state index contributed by atoms with van der Waals surface area (Å²) in [6.07, 6.45) is 6.45. The van der Waals surface area contributed by atoms with Crippen LogP contribution in [0.2, 0.25) is 0 Å². The second-order valence-electron chi connectivity index (χ2n) is 19.2. The molecule has 5 aromatic carbocycles. The second-order valence-corrected chi connectivity index (χ2v) is 19.2. The fraction of sp³-hybridized carbons (Fsp3) is 0.537. The molecule has 2 heterocycles. The minimum absolute atomic E-state index is 0.0292. The molecule has 1 atom stereocenters. The van der Waals surface area contributed by atoms with E-state index in [4.69, 9.17) is 23.7 Å². The van der Waals surface area contributed by atoms with Crippen LogP contribution < -0.4 is 20.9 Å². The first kappa shape index (κ1) is 50.9. The van der Waals surface area contributed by atoms with Gasteiger partial charge >= 0.3 is 0 Å². The molecule has 5 aromatic rings. The Morgan fingerprint density at radius 1 is 0.686 bits per heavy atom. The van der Waals surface area contributed by atoms with Crippen LogP contribution in [0.15, 0.2) is 27.3 Å². The number of hydrogen-bond donors (Lipinski definition) is 4. The summed E-state index contributed by atoms with van der Waals surface area (Å²) in [6, 6.07) is 2.71. The van der Waals surface area contributed by atoms with E-state index in [1.807, 2.05) is 22.8 Å². The number of allylic oxidation sites excluding steroid dienone is 1. The van der Waals surface area contributed by atoms with Gasteiger partial charge in [0, 0.05) is 68.8 Å². The molecule has 0 radical (unpaired) electrons. The third-order valence-electron chi connectivity index (χ3n) is 15.0. The molecule has 1 aliphatic carbocycles. The number of hydrogen-bond acceptors (Lipinski definition) is 14. The Balaban J connectivity index is 1.23. The van der Waals surface area contributed by atoms with Crippen molar-refractivity contribution in [3.8, 4) is 11.5 Å². The highest BCUT2D eigenvalue weighted by atomic mass is 16.5. The highest BCUT2D eigenvalue weighted by molar-refractivity contribution is 6.39. The number of amides is 2. The Morgan fingerprint density at radius 2 is 1.21 bits per heavy atom. The van der Waals surface area contributed by atoms with Gasteiger partial charge in [0.25, 0.3) is 0 Å². The number of nitrogens with one attached hydrogen (secondary N) is 1. The summed E-state index contributed by atoms with van der Waals surface area (Å²) in [5.74, 6) is -0.540. The molecule has 0 bridgehead atoms.